The average molecular weight is 938 g/mol. The van der Waals surface area contributed by atoms with E-state index in [1.807, 2.05) is 6.07 Å². The molecule has 26 heteroatoms. The molecule has 64 heavy (non-hydrogen) atoms. The Morgan fingerprint density at radius 2 is 1.38 bits per heavy atom. The highest BCUT2D eigenvalue weighted by molar-refractivity contribution is 8.07. The van der Waals surface area contributed by atoms with Gasteiger partial charge in [-0.3, -0.25) is 27.4 Å². The Morgan fingerprint density at radius 3 is 1.95 bits per heavy atom. The van der Waals surface area contributed by atoms with E-state index in [2.05, 4.69) is 40.5 Å². The van der Waals surface area contributed by atoms with E-state index in [0.717, 1.165) is 12.7 Å². The number of halogens is 2. The molecule has 2 aromatic carbocycles. The van der Waals surface area contributed by atoms with Gasteiger partial charge in [0.1, 0.15) is 31.0 Å². The molecular formula is C38H34F2N11O10PS2. The SMILES string of the molecule is N#CCCO[P@@]1(=S)OC[C@H]2O[C@@H](n3cnc4c(NC(=O)c5ccccc5)ncnc43)[C@H](F)[C@@H]2OS(=O)(=O)CC[C@H]2O[C@@H](n3cnc4c(NC(=O)c5ccccc5)ncnc43)[C@H](O1)[C@@H]2F. The van der Waals surface area contributed by atoms with Crippen molar-refractivity contribution in [1.29, 1.82) is 5.26 Å². The van der Waals surface area contributed by atoms with Gasteiger partial charge >= 0.3 is 6.72 Å². The Morgan fingerprint density at radius 1 is 0.812 bits per heavy atom. The maximum absolute atomic E-state index is 16.7. The number of nitriles is 1. The van der Waals surface area contributed by atoms with E-state index in [0.29, 0.717) is 11.1 Å². The average Bonchev–Trinajstić information content (AvgIpc) is 4.07. The van der Waals surface area contributed by atoms with Crippen molar-refractivity contribution in [3.05, 3.63) is 97.1 Å². The van der Waals surface area contributed by atoms with E-state index in [1.165, 1.54) is 21.8 Å². The van der Waals surface area contributed by atoms with Gasteiger partial charge in [-0.15, -0.1) is 0 Å². The van der Waals surface area contributed by atoms with Crippen LogP contribution in [0.3, 0.4) is 0 Å². The van der Waals surface area contributed by atoms with Crippen LogP contribution < -0.4 is 10.6 Å². The van der Waals surface area contributed by atoms with E-state index >= 15 is 8.78 Å². The van der Waals surface area contributed by atoms with Crippen molar-refractivity contribution in [2.75, 3.05) is 29.6 Å². The van der Waals surface area contributed by atoms with E-state index in [-0.39, 0.29) is 47.0 Å². The second kappa shape index (κ2) is 18.0. The maximum Gasteiger partial charge on any atom is 0.327 e. The number of carbonyl (C=O) groups excluding carboxylic acids is 2. The number of ether oxygens (including phenoxy) is 2. The lowest BCUT2D eigenvalue weighted by molar-refractivity contribution is -0.0522. The minimum absolute atomic E-state index is 0.0100. The van der Waals surface area contributed by atoms with E-state index in [1.54, 1.807) is 60.7 Å². The lowest BCUT2D eigenvalue weighted by atomic mass is 10.1. The van der Waals surface area contributed by atoms with Gasteiger partial charge in [-0.1, -0.05) is 36.4 Å². The van der Waals surface area contributed by atoms with Gasteiger partial charge in [0.2, 0.25) is 0 Å². The van der Waals surface area contributed by atoms with Crippen LogP contribution in [0.25, 0.3) is 22.3 Å². The third kappa shape index (κ3) is 8.71. The predicted molar refractivity (Wildman–Crippen MR) is 222 cm³/mol. The first-order chi connectivity index (χ1) is 30.9. The van der Waals surface area contributed by atoms with E-state index in [4.69, 9.17) is 39.0 Å². The molecule has 2 bridgehead atoms. The van der Waals surface area contributed by atoms with E-state index < -0.39 is 96.6 Å². The molecule has 0 radical (unpaired) electrons. The van der Waals surface area contributed by atoms with Crippen molar-refractivity contribution in [2.45, 2.75) is 62.1 Å². The summed E-state index contributed by atoms with van der Waals surface area (Å²) >= 11 is 5.77. The van der Waals surface area contributed by atoms with Gasteiger partial charge in [-0.25, -0.2) is 38.7 Å². The number of nitrogens with one attached hydrogen (secondary N) is 2. The monoisotopic (exact) mass is 937 g/mol. The lowest BCUT2D eigenvalue weighted by Gasteiger charge is -2.29. The molecule has 21 nitrogen and oxygen atoms in total. The molecule has 3 saturated heterocycles. The molecule has 0 saturated carbocycles. The molecule has 9 atom stereocenters. The Hall–Kier alpha value is -5.81. The summed E-state index contributed by atoms with van der Waals surface area (Å²) in [7, 11) is -4.66. The molecule has 2 N–H and O–H groups in total. The molecule has 7 heterocycles. The second-order valence-electron chi connectivity index (χ2n) is 14.4. The Balaban J connectivity index is 1.01. The van der Waals surface area contributed by atoms with E-state index in [9.17, 15) is 23.3 Å². The van der Waals surface area contributed by atoms with Crippen LogP contribution in [0.5, 0.6) is 0 Å². The number of hydrogen-bond acceptors (Lipinski definition) is 18. The molecule has 6 aromatic rings. The number of hydrogen-bond donors (Lipinski definition) is 2. The van der Waals surface area contributed by atoms with Crippen LogP contribution in [0.1, 0.15) is 46.0 Å². The first-order valence-electron chi connectivity index (χ1n) is 19.4. The number of anilines is 2. The largest absolute Gasteiger partial charge is 0.349 e. The van der Waals surface area contributed by atoms with Crippen molar-refractivity contribution < 1.29 is 54.0 Å². The third-order valence-corrected chi connectivity index (χ3v) is 14.0. The van der Waals surface area contributed by atoms with Gasteiger partial charge in [-0.2, -0.15) is 13.7 Å². The molecule has 0 spiro atoms. The highest BCUT2D eigenvalue weighted by Crippen LogP contribution is 2.56. The molecular weight excluding hydrogens is 904 g/mol. The summed E-state index contributed by atoms with van der Waals surface area (Å²) in [6, 6.07) is 18.6. The van der Waals surface area contributed by atoms with Crippen molar-refractivity contribution in [2.24, 2.45) is 0 Å². The summed E-state index contributed by atoms with van der Waals surface area (Å²) < 4.78 is 98.8. The molecule has 0 aliphatic carbocycles. The summed E-state index contributed by atoms with van der Waals surface area (Å²) in [4.78, 5) is 51.4. The van der Waals surface area contributed by atoms with Gasteiger partial charge in [0.25, 0.3) is 21.9 Å². The van der Waals surface area contributed by atoms with Crippen molar-refractivity contribution in [1.82, 2.24) is 39.0 Å². The fourth-order valence-corrected chi connectivity index (χ4v) is 10.6. The first-order valence-corrected chi connectivity index (χ1v) is 23.6. The molecule has 3 aliphatic rings. The fraction of sp³-hybridized carbons (Fsp3) is 0.342. The zero-order chi connectivity index (χ0) is 44.6. The molecule has 3 fully saturated rings. The van der Waals surface area contributed by atoms with Crippen LogP contribution in [0.2, 0.25) is 0 Å². The number of aromatic nitrogens is 8. The highest BCUT2D eigenvalue weighted by Gasteiger charge is 2.54. The normalized spacial score (nSPS) is 28.0. The van der Waals surface area contributed by atoms with Crippen molar-refractivity contribution in [3.8, 4) is 6.07 Å². The maximum atomic E-state index is 16.7. The number of fused-ring (bicyclic) bond motifs is 5. The predicted octanol–water partition coefficient (Wildman–Crippen LogP) is 4.32. The van der Waals surface area contributed by atoms with Crippen molar-refractivity contribution in [3.63, 3.8) is 0 Å². The summed E-state index contributed by atoms with van der Waals surface area (Å²) in [5.41, 5.74) is 0.948. The summed E-state index contributed by atoms with van der Waals surface area (Å²) in [6.07, 6.45) is -9.81. The topological polar surface area (TPSA) is 259 Å². The number of benzene rings is 2. The number of nitrogens with zero attached hydrogens (tertiary/aromatic N) is 9. The standard InChI is InChI=1S/C38H34F2N11O10PS2/c39-25-23-12-15-64(54,55)61-29-24(59-37(26(29)40)50-19-46-27-31(42-17-44-33(27)50)48-35(52)21-8-3-1-4-9-21)16-57-62(63,56-14-7-13-41)60-30(25)38(58-23)51-20-47-28-32(43-18-45-34(28)51)49-36(53)22-10-5-2-6-11-22/h1-6,8-11,17-20,23-26,29-30,37-38H,7,12,14-16H2,(H,42,44,48,52)(H,43,45,49,53)/t23-,24-,25-,26-,29-,30-,37-,38-,62-/m1/s1. The van der Waals surface area contributed by atoms with Crippen LogP contribution in [-0.2, 0) is 49.2 Å². The Labute approximate surface area is 366 Å². The Kier molecular flexibility index (Phi) is 12.2. The number of imidazole rings is 2. The zero-order valence-corrected chi connectivity index (χ0v) is 35.4. The minimum Gasteiger partial charge on any atom is -0.349 e. The Bertz CT molecular complexity index is 2910. The molecule has 332 valence electrons. The van der Waals surface area contributed by atoms with Gasteiger partial charge in [0.15, 0.2) is 58.8 Å². The van der Waals surface area contributed by atoms with Gasteiger partial charge in [0, 0.05) is 11.1 Å². The fourth-order valence-electron chi connectivity index (χ4n) is 7.32. The highest BCUT2D eigenvalue weighted by atomic mass is 32.5. The van der Waals surface area contributed by atoms with Gasteiger partial charge < -0.3 is 29.2 Å². The minimum atomic E-state index is -4.66. The van der Waals surface area contributed by atoms with Crippen molar-refractivity contribution >= 4 is 74.4 Å². The smallest absolute Gasteiger partial charge is 0.327 e. The van der Waals surface area contributed by atoms with Crippen LogP contribution in [-0.4, -0.2) is 115 Å². The van der Waals surface area contributed by atoms with Gasteiger partial charge in [0.05, 0.1) is 50.2 Å². The first kappa shape index (κ1) is 43.4. The number of amides is 2. The molecule has 9 rings (SSSR count). The zero-order valence-electron chi connectivity index (χ0n) is 32.9. The third-order valence-electron chi connectivity index (χ3n) is 10.4. The van der Waals surface area contributed by atoms with Gasteiger partial charge in [-0.05, 0) is 42.5 Å². The van der Waals surface area contributed by atoms with Crippen LogP contribution in [0.4, 0.5) is 20.4 Å². The summed E-state index contributed by atoms with van der Waals surface area (Å²) in [5, 5.41) is 14.6. The molecule has 4 aromatic heterocycles. The summed E-state index contributed by atoms with van der Waals surface area (Å²) in [6.45, 7) is -5.20. The summed E-state index contributed by atoms with van der Waals surface area (Å²) in [5.74, 6) is -1.78. The van der Waals surface area contributed by atoms with Crippen LogP contribution >= 0.6 is 6.72 Å². The molecule has 0 unspecified atom stereocenters. The second-order valence-corrected chi connectivity index (χ2v) is 19.1. The quantitative estimate of drug-likeness (QED) is 0.116. The molecule has 2 amide bonds. The number of alkyl halides is 2. The number of rotatable bonds is 9. The number of carbonyl (C=O) groups is 2. The lowest BCUT2D eigenvalue weighted by Crippen LogP contribution is -2.37. The van der Waals surface area contributed by atoms with Crippen LogP contribution in [0.15, 0.2) is 86.0 Å². The van der Waals surface area contributed by atoms with Crippen LogP contribution in [0, 0.1) is 11.3 Å². The molecule has 3 aliphatic heterocycles.